The Morgan fingerprint density at radius 3 is 2.33 bits per heavy atom. The SMILES string of the molecule is COc1ccc(C=CC(=O)N[C@@H](C)C(=O)OCC(=O)c2ccccc2)cc1. The second-order valence-electron chi connectivity index (χ2n) is 5.73. The molecule has 0 unspecified atom stereocenters. The van der Waals surface area contributed by atoms with E-state index in [0.29, 0.717) is 5.56 Å². The van der Waals surface area contributed by atoms with Gasteiger partial charge in [-0.2, -0.15) is 0 Å². The molecule has 0 saturated carbocycles. The van der Waals surface area contributed by atoms with Gasteiger partial charge in [-0.3, -0.25) is 9.59 Å². The van der Waals surface area contributed by atoms with Crippen molar-refractivity contribution in [1.82, 2.24) is 5.32 Å². The predicted octanol–water partition coefficient (Wildman–Crippen LogP) is 2.64. The van der Waals surface area contributed by atoms with Crippen LogP contribution in [0.5, 0.6) is 5.75 Å². The molecule has 0 fully saturated rings. The summed E-state index contributed by atoms with van der Waals surface area (Å²) in [7, 11) is 1.58. The van der Waals surface area contributed by atoms with Crippen LogP contribution < -0.4 is 10.1 Å². The van der Waals surface area contributed by atoms with E-state index in [2.05, 4.69) is 5.32 Å². The van der Waals surface area contributed by atoms with Crippen LogP contribution in [0.25, 0.3) is 6.08 Å². The minimum absolute atomic E-state index is 0.304. The van der Waals surface area contributed by atoms with Crippen molar-refractivity contribution in [3.05, 3.63) is 71.8 Å². The summed E-state index contributed by atoms with van der Waals surface area (Å²) < 4.78 is 10.0. The Morgan fingerprint density at radius 2 is 1.70 bits per heavy atom. The number of esters is 1. The van der Waals surface area contributed by atoms with Crippen molar-refractivity contribution >= 4 is 23.7 Å². The number of ether oxygens (including phenoxy) is 2. The number of carbonyl (C=O) groups is 3. The largest absolute Gasteiger partial charge is 0.497 e. The first kappa shape index (κ1) is 19.9. The maximum absolute atomic E-state index is 11.9. The van der Waals surface area contributed by atoms with E-state index in [1.165, 1.54) is 13.0 Å². The smallest absolute Gasteiger partial charge is 0.328 e. The number of rotatable bonds is 8. The molecular formula is C21H21NO5. The number of hydrogen-bond acceptors (Lipinski definition) is 5. The topological polar surface area (TPSA) is 81.7 Å². The molecule has 1 atom stereocenters. The summed E-state index contributed by atoms with van der Waals surface area (Å²) in [5, 5.41) is 2.50. The number of ketones is 1. The Labute approximate surface area is 157 Å². The molecule has 0 radical (unpaired) electrons. The van der Waals surface area contributed by atoms with E-state index in [4.69, 9.17) is 9.47 Å². The maximum Gasteiger partial charge on any atom is 0.328 e. The summed E-state index contributed by atoms with van der Waals surface area (Å²) in [4.78, 5) is 35.8. The first-order valence-electron chi connectivity index (χ1n) is 8.37. The summed E-state index contributed by atoms with van der Waals surface area (Å²) in [6.07, 6.45) is 2.94. The number of nitrogens with one attached hydrogen (secondary N) is 1. The Hall–Kier alpha value is -3.41. The van der Waals surface area contributed by atoms with Gasteiger partial charge in [0, 0.05) is 11.6 Å². The van der Waals surface area contributed by atoms with Crippen molar-refractivity contribution in [3.63, 3.8) is 0 Å². The molecule has 0 aliphatic carbocycles. The van der Waals surface area contributed by atoms with Gasteiger partial charge in [-0.15, -0.1) is 0 Å². The normalized spacial score (nSPS) is 11.6. The van der Waals surface area contributed by atoms with Gasteiger partial charge in [-0.05, 0) is 30.7 Å². The molecule has 27 heavy (non-hydrogen) atoms. The molecule has 6 nitrogen and oxygen atoms in total. The van der Waals surface area contributed by atoms with Crippen LogP contribution in [-0.2, 0) is 14.3 Å². The first-order chi connectivity index (χ1) is 13.0. The zero-order valence-electron chi connectivity index (χ0n) is 15.2. The number of Topliss-reactive ketones (excluding diaryl/α,β-unsaturated/α-hetero) is 1. The third-order valence-corrected chi connectivity index (χ3v) is 3.70. The van der Waals surface area contributed by atoms with Gasteiger partial charge < -0.3 is 14.8 Å². The predicted molar refractivity (Wildman–Crippen MR) is 101 cm³/mol. The van der Waals surface area contributed by atoms with Gasteiger partial charge >= 0.3 is 5.97 Å². The van der Waals surface area contributed by atoms with Crippen LogP contribution in [0.15, 0.2) is 60.7 Å². The quantitative estimate of drug-likeness (QED) is 0.441. The van der Waals surface area contributed by atoms with E-state index < -0.39 is 17.9 Å². The van der Waals surface area contributed by atoms with Crippen molar-refractivity contribution in [2.24, 2.45) is 0 Å². The fourth-order valence-electron chi connectivity index (χ4n) is 2.18. The number of hydrogen-bond donors (Lipinski definition) is 1. The Balaban J connectivity index is 1.79. The summed E-state index contributed by atoms with van der Waals surface area (Å²) in [6, 6.07) is 14.8. The molecule has 0 aliphatic heterocycles. The molecule has 0 heterocycles. The lowest BCUT2D eigenvalue weighted by Crippen LogP contribution is -2.39. The minimum atomic E-state index is -0.874. The number of amides is 1. The highest BCUT2D eigenvalue weighted by molar-refractivity contribution is 5.98. The van der Waals surface area contributed by atoms with Gasteiger partial charge in [-0.1, -0.05) is 42.5 Å². The van der Waals surface area contributed by atoms with Crippen LogP contribution in [0.2, 0.25) is 0 Å². The molecule has 140 valence electrons. The third-order valence-electron chi connectivity index (χ3n) is 3.70. The van der Waals surface area contributed by atoms with Gasteiger partial charge in [0.05, 0.1) is 7.11 Å². The lowest BCUT2D eigenvalue weighted by atomic mass is 10.1. The molecule has 2 aromatic rings. The highest BCUT2D eigenvalue weighted by atomic mass is 16.5. The molecule has 2 rings (SSSR count). The van der Waals surface area contributed by atoms with E-state index in [9.17, 15) is 14.4 Å². The molecule has 0 spiro atoms. The standard InChI is InChI=1S/C21H21NO5/c1-15(21(25)27-14-19(23)17-6-4-3-5-7-17)22-20(24)13-10-16-8-11-18(26-2)12-9-16/h3-13,15H,14H2,1-2H3,(H,22,24)/t15-/m0/s1. The van der Waals surface area contributed by atoms with Gasteiger partial charge in [0.15, 0.2) is 12.4 Å². The zero-order chi connectivity index (χ0) is 19.6. The van der Waals surface area contributed by atoms with E-state index in [-0.39, 0.29) is 12.4 Å². The number of benzene rings is 2. The summed E-state index contributed by atoms with van der Waals surface area (Å²) >= 11 is 0. The second kappa shape index (κ2) is 9.91. The van der Waals surface area contributed by atoms with Crippen LogP contribution in [0.4, 0.5) is 0 Å². The van der Waals surface area contributed by atoms with Gasteiger partial charge in [0.25, 0.3) is 0 Å². The van der Waals surface area contributed by atoms with E-state index in [1.807, 2.05) is 0 Å². The minimum Gasteiger partial charge on any atom is -0.497 e. The van der Waals surface area contributed by atoms with Gasteiger partial charge in [0.1, 0.15) is 11.8 Å². The van der Waals surface area contributed by atoms with Crippen LogP contribution in [-0.4, -0.2) is 37.4 Å². The zero-order valence-corrected chi connectivity index (χ0v) is 15.2. The summed E-state index contributed by atoms with van der Waals surface area (Å²) in [5.74, 6) is -0.699. The Bertz CT molecular complexity index is 812. The highest BCUT2D eigenvalue weighted by Crippen LogP contribution is 2.12. The van der Waals surface area contributed by atoms with Crippen LogP contribution in [0.3, 0.4) is 0 Å². The van der Waals surface area contributed by atoms with E-state index >= 15 is 0 Å². The van der Waals surface area contributed by atoms with E-state index in [0.717, 1.165) is 11.3 Å². The monoisotopic (exact) mass is 367 g/mol. The molecule has 2 aromatic carbocycles. The van der Waals surface area contributed by atoms with Crippen LogP contribution in [0.1, 0.15) is 22.8 Å². The maximum atomic E-state index is 11.9. The number of methoxy groups -OCH3 is 1. The third kappa shape index (κ3) is 6.43. The van der Waals surface area contributed by atoms with Gasteiger partial charge in [0.2, 0.25) is 5.91 Å². The number of carbonyl (C=O) groups excluding carboxylic acids is 3. The van der Waals surface area contributed by atoms with Crippen LogP contribution in [0, 0.1) is 0 Å². The Morgan fingerprint density at radius 1 is 1.04 bits per heavy atom. The average molecular weight is 367 g/mol. The molecule has 1 N–H and O–H groups in total. The average Bonchev–Trinajstić information content (AvgIpc) is 2.71. The van der Waals surface area contributed by atoms with Crippen molar-refractivity contribution in [2.75, 3.05) is 13.7 Å². The summed E-state index contributed by atoms with van der Waals surface area (Å²) in [5.41, 5.74) is 1.28. The highest BCUT2D eigenvalue weighted by Gasteiger charge is 2.17. The lowest BCUT2D eigenvalue weighted by Gasteiger charge is -2.11. The van der Waals surface area contributed by atoms with Crippen molar-refractivity contribution in [1.29, 1.82) is 0 Å². The van der Waals surface area contributed by atoms with Gasteiger partial charge in [-0.25, -0.2) is 4.79 Å². The molecular weight excluding hydrogens is 346 g/mol. The molecule has 1 amide bonds. The molecule has 6 heteroatoms. The van der Waals surface area contributed by atoms with Crippen molar-refractivity contribution in [2.45, 2.75) is 13.0 Å². The second-order valence-corrected chi connectivity index (χ2v) is 5.73. The van der Waals surface area contributed by atoms with Crippen molar-refractivity contribution in [3.8, 4) is 5.75 Å². The Kier molecular flexibility index (Phi) is 7.31. The molecule has 0 saturated heterocycles. The molecule has 0 aliphatic rings. The fraction of sp³-hybridized carbons (Fsp3) is 0.190. The van der Waals surface area contributed by atoms with Crippen molar-refractivity contribution < 1.29 is 23.9 Å². The van der Waals surface area contributed by atoms with E-state index in [1.54, 1.807) is 67.8 Å². The molecule has 0 bridgehead atoms. The fourth-order valence-corrected chi connectivity index (χ4v) is 2.18. The lowest BCUT2D eigenvalue weighted by molar-refractivity contribution is -0.145. The summed E-state index contributed by atoms with van der Waals surface area (Å²) in [6.45, 7) is 1.12. The van der Waals surface area contributed by atoms with Crippen LogP contribution >= 0.6 is 0 Å². The molecule has 0 aromatic heterocycles. The first-order valence-corrected chi connectivity index (χ1v) is 8.37.